The van der Waals surface area contributed by atoms with Crippen molar-refractivity contribution in [2.24, 2.45) is 142 Å². The fourth-order valence-electron chi connectivity index (χ4n) is 26.4. The van der Waals surface area contributed by atoms with E-state index in [1.165, 1.54) is 12.8 Å². The van der Waals surface area contributed by atoms with Crippen LogP contribution in [-0.4, -0.2) is 87.1 Å². The molecule has 0 radical (unpaired) electrons. The highest BCUT2D eigenvalue weighted by Gasteiger charge is 2.74. The van der Waals surface area contributed by atoms with Gasteiger partial charge in [-0.2, -0.15) is 4.31 Å². The van der Waals surface area contributed by atoms with E-state index >= 15 is 0 Å². The van der Waals surface area contributed by atoms with E-state index in [-0.39, 0.29) is 107 Å². The fraction of sp³-hybridized carbons (Fsp3) is 0.750. The van der Waals surface area contributed by atoms with Gasteiger partial charge in [0.25, 0.3) is 0 Å². The SMILES string of the molecule is CC(C)[C@@H](C)[C@@]1(C)CC[C@]2(C)[C@H]3CC[C@@H]4[C@@]5(COC[C@@]4(C)[C@@H](O)[C@H](C)C5)C3=CC[C@@]2(C)[C@@H]1C(=O)OCc1ccccc1.CC(C)[C@@H](C)[C@@]1(C)CC[C@]2(C)[C@H]3CC[C@@H]4[C@@]5(COC[C@@]4(C)[C@@H](OCC(C)(C)C(C)C)[C@H](C)C5)C3=CC[C@@]2(C)[C@@H]1C(=O)OCc1ccccc1.Cc1ccc(S(=O)(=O)N2C[C@]2(C)C(C)C)cc1. The summed E-state index contributed by atoms with van der Waals surface area (Å²) >= 11 is 0. The molecule has 0 aromatic heterocycles. The van der Waals surface area contributed by atoms with E-state index < -0.39 is 10.0 Å². The molecule has 9 fully saturated rings. The lowest BCUT2D eigenvalue weighted by Crippen LogP contribution is -2.69. The standard InChI is InChI=1S/C45H70O4.C38H56O4.C13H19NO2S/c1-29(2)32(6)41(9)22-23-43(11)34-18-19-36-42(10)27-47-28-45(36,24-31(5)38(42)49-26-40(7,8)30(3)4)35(34)20-21-44(43,12)37(41)39(46)48-25-33-16-14-13-15-17-33;1-24(2)26(4)34(5)18-19-36(7)28-14-15-30-35(6)22-41-23-38(30,20-25(3)32(35)39)29(28)16-17-37(36,8)31(34)33(40)42-21-27-12-10-9-11-13-27;1-10(2)13(4)9-14(13)17(15,16)12-7-5-11(3)6-8-12/h13-17,20,29-32,34,36-38H,18-19,21-28H2,1-12H3;9-13,16,24-26,28,30-32,39H,14-15,17-23H2,1-8H3;5-8,10H,9H2,1-4H3/t31-,32-,34+,36+,37-,38+,41-,42-,43-,44+,45+;25-,26-,28+,30+,31-,32+,34-,35-,36-,37+,38+;13-,14?/m111/s1. The Morgan fingerprint density at radius 3 is 1.41 bits per heavy atom. The van der Waals surface area contributed by atoms with Crippen molar-refractivity contribution >= 4 is 22.0 Å². The van der Waals surface area contributed by atoms with Gasteiger partial charge in [-0.05, 0) is 223 Å². The first-order chi connectivity index (χ1) is 50.4. The third-order valence-electron chi connectivity index (χ3n) is 35.2. The van der Waals surface area contributed by atoms with Crippen LogP contribution in [0.5, 0.6) is 0 Å². The van der Waals surface area contributed by atoms with Gasteiger partial charge in [0.15, 0.2) is 0 Å². The lowest BCUT2D eigenvalue weighted by atomic mass is 9.34. The van der Waals surface area contributed by atoms with Crippen LogP contribution in [0, 0.1) is 149 Å². The van der Waals surface area contributed by atoms with Crippen LogP contribution in [0.25, 0.3) is 0 Å². The quantitative estimate of drug-likeness (QED) is 0.0790. The molecule has 3 heterocycles. The monoisotopic (exact) mass is 1500 g/mol. The lowest BCUT2D eigenvalue weighted by Gasteiger charge is -2.71. The van der Waals surface area contributed by atoms with Crippen molar-refractivity contribution < 1.29 is 46.8 Å². The van der Waals surface area contributed by atoms with Crippen molar-refractivity contribution in [2.45, 2.75) is 279 Å². The fourth-order valence-corrected chi connectivity index (χ4v) is 28.3. The molecule has 24 atom stereocenters. The van der Waals surface area contributed by atoms with E-state index in [0.717, 1.165) is 107 Å². The van der Waals surface area contributed by atoms with Crippen LogP contribution in [0.3, 0.4) is 0 Å². The zero-order valence-electron chi connectivity index (χ0n) is 71.6. The second-order valence-electron chi connectivity index (χ2n) is 42.2. The minimum absolute atomic E-state index is 0.00193. The average Bonchev–Trinajstić information content (AvgIpc) is 1.55. The first kappa shape index (κ1) is 83.3. The molecule has 11 aliphatic rings. The van der Waals surface area contributed by atoms with Crippen LogP contribution in [0.4, 0.5) is 0 Å². The molecule has 3 aromatic rings. The molecule has 1 N–H and O–H groups in total. The first-order valence-corrected chi connectivity index (χ1v) is 44.2. The van der Waals surface area contributed by atoms with Gasteiger partial charge >= 0.3 is 11.9 Å². The summed E-state index contributed by atoms with van der Waals surface area (Å²) in [7, 11) is -3.30. The van der Waals surface area contributed by atoms with Crippen LogP contribution < -0.4 is 0 Å². The number of aliphatic hydroxyl groups excluding tert-OH is 1. The molecule has 12 heteroatoms. The van der Waals surface area contributed by atoms with Gasteiger partial charge in [-0.25, -0.2) is 8.42 Å². The second-order valence-corrected chi connectivity index (χ2v) is 44.1. The summed E-state index contributed by atoms with van der Waals surface area (Å²) in [4.78, 5) is 29.6. The smallest absolute Gasteiger partial charge is 0.310 e. The Hall–Kier alpha value is -4.17. The molecule has 3 aromatic carbocycles. The molecule has 6 saturated carbocycles. The molecule has 3 saturated heterocycles. The van der Waals surface area contributed by atoms with E-state index in [9.17, 15) is 23.1 Å². The third-order valence-corrected chi connectivity index (χ3v) is 37.2. The van der Waals surface area contributed by atoms with Crippen LogP contribution >= 0.6 is 0 Å². The summed E-state index contributed by atoms with van der Waals surface area (Å²) in [5.41, 5.74) is 5.63. The number of carbonyl (C=O) groups is 2. The maximum absolute atomic E-state index is 14.7. The largest absolute Gasteiger partial charge is 0.461 e. The van der Waals surface area contributed by atoms with Gasteiger partial charge in [0.1, 0.15) is 13.2 Å². The van der Waals surface area contributed by atoms with Crippen molar-refractivity contribution in [3.05, 3.63) is 125 Å². The van der Waals surface area contributed by atoms with Crippen molar-refractivity contribution in [1.82, 2.24) is 4.31 Å². The Balaban J connectivity index is 0.000000167. The van der Waals surface area contributed by atoms with E-state index in [2.05, 4.69) is 177 Å². The minimum atomic E-state index is -3.30. The van der Waals surface area contributed by atoms with Crippen molar-refractivity contribution in [3.8, 4) is 0 Å². The summed E-state index contributed by atoms with van der Waals surface area (Å²) in [6, 6.07) is 27.4. The number of aliphatic hydroxyl groups is 1. The Morgan fingerprint density at radius 1 is 0.565 bits per heavy atom. The molecule has 0 amide bonds. The number of benzene rings is 3. The minimum Gasteiger partial charge on any atom is -0.461 e. The summed E-state index contributed by atoms with van der Waals surface area (Å²) < 4.78 is 59.1. The highest BCUT2D eigenvalue weighted by molar-refractivity contribution is 7.89. The molecule has 14 rings (SSSR count). The number of rotatable bonds is 17. The lowest BCUT2D eigenvalue weighted by molar-refractivity contribution is -0.255. The predicted molar refractivity (Wildman–Crippen MR) is 435 cm³/mol. The van der Waals surface area contributed by atoms with Gasteiger partial charge in [-0.15, -0.1) is 0 Å². The van der Waals surface area contributed by atoms with Gasteiger partial charge in [0.05, 0.1) is 62.0 Å². The molecular formula is C96H145NO10S. The molecular weight excluding hydrogens is 1360 g/mol. The molecule has 600 valence electrons. The number of ether oxygens (including phenoxy) is 5. The summed E-state index contributed by atoms with van der Waals surface area (Å²) in [5.74, 6) is 5.03. The van der Waals surface area contributed by atoms with E-state index in [0.29, 0.717) is 96.4 Å². The molecule has 11 nitrogen and oxygen atoms in total. The number of esters is 2. The maximum Gasteiger partial charge on any atom is 0.310 e. The van der Waals surface area contributed by atoms with Gasteiger partial charge in [0, 0.05) is 33.7 Å². The Bertz CT molecular complexity index is 3900. The predicted octanol–water partition coefficient (Wildman–Crippen LogP) is 21.6. The van der Waals surface area contributed by atoms with E-state index in [1.807, 2.05) is 74.5 Å². The molecule has 8 aliphatic carbocycles. The van der Waals surface area contributed by atoms with Gasteiger partial charge in [-0.3, -0.25) is 9.59 Å². The number of hydrogen-bond acceptors (Lipinski definition) is 10. The van der Waals surface area contributed by atoms with Crippen LogP contribution in [0.1, 0.15) is 253 Å². The third kappa shape index (κ3) is 13.3. The summed E-state index contributed by atoms with van der Waals surface area (Å²) in [6.07, 6.45) is 18.2. The maximum atomic E-state index is 14.7. The molecule has 4 bridgehead atoms. The highest BCUT2D eigenvalue weighted by atomic mass is 32.2. The molecule has 0 spiro atoms. The molecule has 1 unspecified atom stereocenters. The number of nitrogens with zero attached hydrogens (tertiary/aromatic N) is 1. The summed E-state index contributed by atoms with van der Waals surface area (Å²) in [6.45, 7) is 61.0. The van der Waals surface area contributed by atoms with E-state index in [4.69, 9.17) is 23.7 Å². The Morgan fingerprint density at radius 2 is 0.991 bits per heavy atom. The number of sulfonamides is 1. The number of carbonyl (C=O) groups excluding carboxylic acids is 2. The zero-order chi connectivity index (χ0) is 78.9. The van der Waals surface area contributed by atoms with Crippen LogP contribution in [0.2, 0.25) is 0 Å². The first-order valence-electron chi connectivity index (χ1n) is 42.8. The number of aryl methyl sites for hydroxylation is 1. The molecule has 3 aliphatic heterocycles. The number of allylic oxidation sites excluding steroid dienone is 2. The normalized spacial score (nSPS) is 42.0. The zero-order valence-corrected chi connectivity index (χ0v) is 72.4. The number of fused-ring (bicyclic) bond motifs is 6. The topological polar surface area (TPSA) is 138 Å². The average molecular weight is 1510 g/mol. The van der Waals surface area contributed by atoms with Crippen molar-refractivity contribution in [2.75, 3.05) is 39.6 Å². The second kappa shape index (κ2) is 29.6. The van der Waals surface area contributed by atoms with Crippen molar-refractivity contribution in [1.29, 1.82) is 0 Å². The van der Waals surface area contributed by atoms with Gasteiger partial charge in [-0.1, -0.05) is 254 Å². The Labute approximate surface area is 655 Å². The summed E-state index contributed by atoms with van der Waals surface area (Å²) in [5, 5.41) is 11.4. The van der Waals surface area contributed by atoms with Gasteiger partial charge < -0.3 is 28.8 Å². The highest BCUT2D eigenvalue weighted by Crippen LogP contribution is 2.78. The number of hydrogen-bond donors (Lipinski definition) is 1. The van der Waals surface area contributed by atoms with E-state index in [1.54, 1.807) is 27.6 Å². The molecule has 108 heavy (non-hydrogen) atoms. The van der Waals surface area contributed by atoms with Crippen molar-refractivity contribution in [3.63, 3.8) is 0 Å². The van der Waals surface area contributed by atoms with Crippen LogP contribution in [0.15, 0.2) is 113 Å². The van der Waals surface area contributed by atoms with Crippen LogP contribution in [-0.2, 0) is 56.5 Å². The Kier molecular flexibility index (Phi) is 22.8. The van der Waals surface area contributed by atoms with Gasteiger partial charge in [0.2, 0.25) is 10.0 Å².